The number of nitrogens with zero attached hydrogens (tertiary/aromatic N) is 1. The SMILES string of the molecule is CNC1(C)CCN(C(=O)C2CCC3CCCCC3C2)CC1. The molecule has 0 aromatic carbocycles. The third-order valence-electron chi connectivity index (χ3n) is 6.67. The maximum atomic E-state index is 12.8. The van der Waals surface area contributed by atoms with Crippen molar-refractivity contribution in [3.63, 3.8) is 0 Å². The van der Waals surface area contributed by atoms with E-state index in [0.29, 0.717) is 11.8 Å². The number of carbonyl (C=O) groups excluding carboxylic acids is 1. The summed E-state index contributed by atoms with van der Waals surface area (Å²) in [5, 5.41) is 3.42. The summed E-state index contributed by atoms with van der Waals surface area (Å²) in [6.07, 6.45) is 11.5. The summed E-state index contributed by atoms with van der Waals surface area (Å²) in [6.45, 7) is 4.17. The lowest BCUT2D eigenvalue weighted by Gasteiger charge is -2.43. The Labute approximate surface area is 129 Å². The highest BCUT2D eigenvalue weighted by Gasteiger charge is 2.38. The number of amides is 1. The zero-order valence-electron chi connectivity index (χ0n) is 13.9. The third kappa shape index (κ3) is 3.28. The Balaban J connectivity index is 1.54. The van der Waals surface area contributed by atoms with Crippen molar-refractivity contribution in [2.75, 3.05) is 20.1 Å². The first kappa shape index (κ1) is 15.3. The molecule has 0 aromatic rings. The Hall–Kier alpha value is -0.570. The van der Waals surface area contributed by atoms with E-state index in [4.69, 9.17) is 0 Å². The van der Waals surface area contributed by atoms with E-state index >= 15 is 0 Å². The molecule has 3 heteroatoms. The molecule has 0 bridgehead atoms. The van der Waals surface area contributed by atoms with Gasteiger partial charge in [0.1, 0.15) is 0 Å². The minimum Gasteiger partial charge on any atom is -0.342 e. The number of hydrogen-bond donors (Lipinski definition) is 1. The zero-order valence-corrected chi connectivity index (χ0v) is 13.9. The van der Waals surface area contributed by atoms with Crippen molar-refractivity contribution < 1.29 is 4.79 Å². The molecule has 1 amide bonds. The van der Waals surface area contributed by atoms with E-state index in [2.05, 4.69) is 17.1 Å². The van der Waals surface area contributed by atoms with Gasteiger partial charge in [-0.3, -0.25) is 4.79 Å². The monoisotopic (exact) mass is 292 g/mol. The minimum absolute atomic E-state index is 0.234. The second kappa shape index (κ2) is 6.28. The van der Waals surface area contributed by atoms with Gasteiger partial charge in [0.2, 0.25) is 5.91 Å². The van der Waals surface area contributed by atoms with Gasteiger partial charge in [-0.2, -0.15) is 0 Å². The van der Waals surface area contributed by atoms with Gasteiger partial charge in [0.25, 0.3) is 0 Å². The van der Waals surface area contributed by atoms with E-state index in [1.165, 1.54) is 38.5 Å². The van der Waals surface area contributed by atoms with Crippen LogP contribution in [0.5, 0.6) is 0 Å². The van der Waals surface area contributed by atoms with Crippen LogP contribution in [0.15, 0.2) is 0 Å². The Morgan fingerprint density at radius 1 is 1.05 bits per heavy atom. The molecule has 1 N–H and O–H groups in total. The Morgan fingerprint density at radius 2 is 1.71 bits per heavy atom. The lowest BCUT2D eigenvalue weighted by molar-refractivity contribution is -0.139. The summed E-state index contributed by atoms with van der Waals surface area (Å²) >= 11 is 0. The van der Waals surface area contributed by atoms with Gasteiger partial charge in [-0.25, -0.2) is 0 Å². The number of fused-ring (bicyclic) bond motifs is 1. The van der Waals surface area contributed by atoms with Gasteiger partial charge in [-0.1, -0.05) is 25.7 Å². The van der Waals surface area contributed by atoms with Gasteiger partial charge >= 0.3 is 0 Å². The highest BCUT2D eigenvalue weighted by atomic mass is 16.2. The maximum absolute atomic E-state index is 12.8. The van der Waals surface area contributed by atoms with Gasteiger partial charge < -0.3 is 10.2 Å². The molecule has 0 radical (unpaired) electrons. The van der Waals surface area contributed by atoms with Crippen LogP contribution >= 0.6 is 0 Å². The fourth-order valence-electron chi connectivity index (χ4n) is 4.83. The van der Waals surface area contributed by atoms with Gasteiger partial charge in [-0.15, -0.1) is 0 Å². The van der Waals surface area contributed by atoms with Crippen molar-refractivity contribution in [2.45, 2.75) is 70.3 Å². The van der Waals surface area contributed by atoms with Crippen LogP contribution < -0.4 is 5.32 Å². The Morgan fingerprint density at radius 3 is 2.38 bits per heavy atom. The molecule has 0 spiro atoms. The average molecular weight is 292 g/mol. The molecule has 3 atom stereocenters. The lowest BCUT2D eigenvalue weighted by atomic mass is 9.67. The quantitative estimate of drug-likeness (QED) is 0.847. The van der Waals surface area contributed by atoms with Crippen molar-refractivity contribution in [2.24, 2.45) is 17.8 Å². The molecule has 2 saturated carbocycles. The van der Waals surface area contributed by atoms with Crippen LogP contribution in [0.4, 0.5) is 0 Å². The topological polar surface area (TPSA) is 32.3 Å². The molecule has 1 aliphatic heterocycles. The van der Waals surface area contributed by atoms with Crippen LogP contribution in [0.2, 0.25) is 0 Å². The molecule has 3 unspecified atom stereocenters. The summed E-state index contributed by atoms with van der Waals surface area (Å²) in [5.74, 6) is 2.60. The van der Waals surface area contributed by atoms with E-state index in [0.717, 1.165) is 44.2 Å². The van der Waals surface area contributed by atoms with Crippen LogP contribution in [-0.2, 0) is 4.79 Å². The smallest absolute Gasteiger partial charge is 0.225 e. The van der Waals surface area contributed by atoms with Crippen molar-refractivity contribution in [3.8, 4) is 0 Å². The van der Waals surface area contributed by atoms with E-state index < -0.39 is 0 Å². The molecule has 3 nitrogen and oxygen atoms in total. The van der Waals surface area contributed by atoms with E-state index in [-0.39, 0.29) is 5.54 Å². The van der Waals surface area contributed by atoms with Gasteiger partial charge in [0.15, 0.2) is 0 Å². The number of nitrogens with one attached hydrogen (secondary N) is 1. The molecule has 1 heterocycles. The Kier molecular flexibility index (Phi) is 4.58. The zero-order chi connectivity index (χ0) is 14.9. The summed E-state index contributed by atoms with van der Waals surface area (Å²) in [4.78, 5) is 15.0. The molecule has 1 saturated heterocycles. The van der Waals surface area contributed by atoms with Gasteiger partial charge in [-0.05, 0) is 57.9 Å². The van der Waals surface area contributed by atoms with Crippen LogP contribution in [-0.4, -0.2) is 36.5 Å². The summed E-state index contributed by atoms with van der Waals surface area (Å²) < 4.78 is 0. The molecular formula is C18H32N2O. The minimum atomic E-state index is 0.234. The predicted molar refractivity (Wildman–Crippen MR) is 86.1 cm³/mol. The number of piperidine rings is 1. The van der Waals surface area contributed by atoms with Crippen LogP contribution in [0.1, 0.15) is 64.7 Å². The van der Waals surface area contributed by atoms with E-state index in [1.54, 1.807) is 0 Å². The highest BCUT2D eigenvalue weighted by Crippen LogP contribution is 2.43. The van der Waals surface area contributed by atoms with E-state index in [1.807, 2.05) is 7.05 Å². The fourth-order valence-corrected chi connectivity index (χ4v) is 4.83. The molecule has 0 aromatic heterocycles. The predicted octanol–water partition coefficient (Wildman–Crippen LogP) is 3.19. The first-order valence-corrected chi connectivity index (χ1v) is 9.09. The molecule has 21 heavy (non-hydrogen) atoms. The summed E-state index contributed by atoms with van der Waals surface area (Å²) in [7, 11) is 2.04. The van der Waals surface area contributed by atoms with Crippen molar-refractivity contribution >= 4 is 5.91 Å². The third-order valence-corrected chi connectivity index (χ3v) is 6.67. The molecular weight excluding hydrogens is 260 g/mol. The van der Waals surface area contributed by atoms with Crippen LogP contribution in [0.3, 0.4) is 0 Å². The lowest BCUT2D eigenvalue weighted by Crippen LogP contribution is -2.52. The summed E-state index contributed by atoms with van der Waals surface area (Å²) in [6, 6.07) is 0. The van der Waals surface area contributed by atoms with E-state index in [9.17, 15) is 4.79 Å². The number of hydrogen-bond acceptors (Lipinski definition) is 2. The van der Waals surface area contributed by atoms with Crippen molar-refractivity contribution in [1.29, 1.82) is 0 Å². The number of carbonyl (C=O) groups is 1. The van der Waals surface area contributed by atoms with Crippen molar-refractivity contribution in [1.82, 2.24) is 10.2 Å². The van der Waals surface area contributed by atoms with Crippen molar-refractivity contribution in [3.05, 3.63) is 0 Å². The van der Waals surface area contributed by atoms with Crippen LogP contribution in [0.25, 0.3) is 0 Å². The molecule has 3 fully saturated rings. The largest absolute Gasteiger partial charge is 0.342 e. The number of likely N-dealkylation sites (tertiary alicyclic amines) is 1. The fraction of sp³-hybridized carbons (Fsp3) is 0.944. The van der Waals surface area contributed by atoms with Crippen LogP contribution in [0, 0.1) is 17.8 Å². The molecule has 2 aliphatic carbocycles. The number of rotatable bonds is 2. The first-order valence-electron chi connectivity index (χ1n) is 9.09. The average Bonchev–Trinajstić information content (AvgIpc) is 2.54. The second-order valence-electron chi connectivity index (χ2n) is 7.95. The maximum Gasteiger partial charge on any atom is 0.225 e. The normalized spacial score (nSPS) is 36.1. The summed E-state index contributed by atoms with van der Waals surface area (Å²) in [5.41, 5.74) is 0.234. The Bertz CT molecular complexity index is 373. The van der Waals surface area contributed by atoms with Gasteiger partial charge in [0.05, 0.1) is 0 Å². The molecule has 120 valence electrons. The second-order valence-corrected chi connectivity index (χ2v) is 7.95. The first-order chi connectivity index (χ1) is 10.1. The van der Waals surface area contributed by atoms with Gasteiger partial charge in [0, 0.05) is 24.5 Å². The highest BCUT2D eigenvalue weighted by molar-refractivity contribution is 5.79. The molecule has 3 rings (SSSR count). The molecule has 3 aliphatic rings. The standard InChI is InChI=1S/C18H32N2O/c1-18(19-2)9-11-20(12-10-18)17(21)16-8-7-14-5-3-4-6-15(14)13-16/h14-16,19H,3-13H2,1-2H3.